The molecule has 0 unspecified atom stereocenters. The summed E-state index contributed by atoms with van der Waals surface area (Å²) in [6, 6.07) is 8.00. The van der Waals surface area contributed by atoms with Gasteiger partial charge in [0.25, 0.3) is 0 Å². The highest BCUT2D eigenvalue weighted by molar-refractivity contribution is 14.1. The van der Waals surface area contributed by atoms with E-state index in [1.807, 2.05) is 24.3 Å². The third kappa shape index (κ3) is 3.25. The molecule has 3 rings (SSSR count). The number of nitrogens with one attached hydrogen (secondary N) is 1. The van der Waals surface area contributed by atoms with Crippen molar-refractivity contribution >= 4 is 34.2 Å². The fourth-order valence-electron chi connectivity index (χ4n) is 2.73. The third-order valence-corrected chi connectivity index (χ3v) is 4.72. The Morgan fingerprint density at radius 3 is 2.22 bits per heavy atom. The van der Waals surface area contributed by atoms with Crippen LogP contribution in [0.25, 0.3) is 0 Å². The lowest BCUT2D eigenvalue weighted by atomic mass is 9.94. The molecule has 0 heterocycles. The monoisotopic (exact) mass is 355 g/mol. The molecule has 1 aromatic carbocycles. The number of benzene rings is 1. The van der Waals surface area contributed by atoms with Crippen molar-refractivity contribution < 1.29 is 4.79 Å². The van der Waals surface area contributed by atoms with Crippen molar-refractivity contribution in [2.24, 2.45) is 17.8 Å². The standard InChI is InChI=1S/C15H18INO/c16-12-5-7-13(8-6-12)17-15(18)9-14(10-1-2-10)11-3-4-11/h5-8,10-11,14H,1-4,9H2,(H,17,18). The van der Waals surface area contributed by atoms with Crippen molar-refractivity contribution in [2.45, 2.75) is 32.1 Å². The first kappa shape index (κ1) is 12.5. The van der Waals surface area contributed by atoms with Crippen LogP contribution in [0.3, 0.4) is 0 Å². The van der Waals surface area contributed by atoms with Gasteiger partial charge < -0.3 is 5.32 Å². The molecule has 0 atom stereocenters. The molecule has 0 aromatic heterocycles. The molecule has 2 aliphatic carbocycles. The first-order chi connectivity index (χ1) is 8.72. The Balaban J connectivity index is 1.55. The van der Waals surface area contributed by atoms with Crippen LogP contribution in [0.1, 0.15) is 32.1 Å². The van der Waals surface area contributed by atoms with E-state index in [2.05, 4.69) is 27.9 Å². The van der Waals surface area contributed by atoms with Crippen molar-refractivity contribution in [3.63, 3.8) is 0 Å². The van der Waals surface area contributed by atoms with E-state index in [9.17, 15) is 4.79 Å². The number of amides is 1. The van der Waals surface area contributed by atoms with Crippen molar-refractivity contribution in [1.82, 2.24) is 0 Å². The van der Waals surface area contributed by atoms with E-state index in [0.29, 0.717) is 5.92 Å². The average molecular weight is 355 g/mol. The van der Waals surface area contributed by atoms with E-state index < -0.39 is 0 Å². The van der Waals surface area contributed by atoms with Gasteiger partial charge in [-0.1, -0.05) is 0 Å². The quantitative estimate of drug-likeness (QED) is 0.793. The molecule has 0 aliphatic heterocycles. The Hall–Kier alpha value is -0.580. The Morgan fingerprint density at radius 1 is 1.17 bits per heavy atom. The molecular formula is C15H18INO. The number of anilines is 1. The summed E-state index contributed by atoms with van der Waals surface area (Å²) in [6.07, 6.45) is 6.10. The Kier molecular flexibility index (Phi) is 3.59. The highest BCUT2D eigenvalue weighted by Crippen LogP contribution is 2.50. The van der Waals surface area contributed by atoms with Crippen molar-refractivity contribution in [3.8, 4) is 0 Å². The zero-order valence-corrected chi connectivity index (χ0v) is 12.5. The number of halogens is 1. The topological polar surface area (TPSA) is 29.1 Å². The van der Waals surface area contributed by atoms with Crippen LogP contribution < -0.4 is 5.32 Å². The molecule has 0 radical (unpaired) electrons. The van der Waals surface area contributed by atoms with Crippen LogP contribution in [0.5, 0.6) is 0 Å². The highest BCUT2D eigenvalue weighted by Gasteiger charge is 2.42. The van der Waals surface area contributed by atoms with E-state index >= 15 is 0 Å². The maximum Gasteiger partial charge on any atom is 0.224 e. The van der Waals surface area contributed by atoms with Gasteiger partial charge in [-0.15, -0.1) is 0 Å². The van der Waals surface area contributed by atoms with Gasteiger partial charge in [-0.05, 0) is 90.3 Å². The van der Waals surface area contributed by atoms with Crippen molar-refractivity contribution in [2.75, 3.05) is 5.32 Å². The largest absolute Gasteiger partial charge is 0.326 e. The Morgan fingerprint density at radius 2 is 1.72 bits per heavy atom. The number of hydrogen-bond acceptors (Lipinski definition) is 1. The van der Waals surface area contributed by atoms with Crippen molar-refractivity contribution in [1.29, 1.82) is 0 Å². The molecule has 3 heteroatoms. The van der Waals surface area contributed by atoms with Crippen LogP contribution in [-0.2, 0) is 4.79 Å². The van der Waals surface area contributed by atoms with Gasteiger partial charge in [0.05, 0.1) is 0 Å². The highest BCUT2D eigenvalue weighted by atomic mass is 127. The van der Waals surface area contributed by atoms with Crippen LogP contribution >= 0.6 is 22.6 Å². The summed E-state index contributed by atoms with van der Waals surface area (Å²) in [4.78, 5) is 12.1. The van der Waals surface area contributed by atoms with Gasteiger partial charge >= 0.3 is 0 Å². The molecule has 18 heavy (non-hydrogen) atoms. The fourth-order valence-corrected chi connectivity index (χ4v) is 3.09. The second kappa shape index (κ2) is 5.19. The van der Waals surface area contributed by atoms with Crippen LogP contribution in [-0.4, -0.2) is 5.91 Å². The van der Waals surface area contributed by atoms with Gasteiger partial charge in [-0.3, -0.25) is 4.79 Å². The Labute approximate surface area is 122 Å². The lowest BCUT2D eigenvalue weighted by Crippen LogP contribution is -2.19. The predicted octanol–water partition coefficient (Wildman–Crippen LogP) is 4.06. The summed E-state index contributed by atoms with van der Waals surface area (Å²) < 4.78 is 1.19. The molecule has 2 aliphatic rings. The summed E-state index contributed by atoms with van der Waals surface area (Å²) in [7, 11) is 0. The average Bonchev–Trinajstić information content (AvgIpc) is 3.22. The first-order valence-corrected chi connectivity index (χ1v) is 7.85. The maximum atomic E-state index is 12.1. The smallest absolute Gasteiger partial charge is 0.224 e. The summed E-state index contributed by atoms with van der Waals surface area (Å²) in [5.41, 5.74) is 0.922. The van der Waals surface area contributed by atoms with E-state index in [4.69, 9.17) is 0 Å². The molecular weight excluding hydrogens is 337 g/mol. The molecule has 1 N–H and O–H groups in total. The minimum atomic E-state index is 0.194. The summed E-state index contributed by atoms with van der Waals surface area (Å²) in [5, 5.41) is 3.02. The number of carbonyl (C=O) groups is 1. The minimum absolute atomic E-state index is 0.194. The molecule has 2 saturated carbocycles. The van der Waals surface area contributed by atoms with E-state index in [-0.39, 0.29) is 5.91 Å². The molecule has 96 valence electrons. The van der Waals surface area contributed by atoms with Gasteiger partial charge in [-0.2, -0.15) is 0 Å². The lowest BCUT2D eigenvalue weighted by Gasteiger charge is -2.15. The van der Waals surface area contributed by atoms with E-state index in [0.717, 1.165) is 23.9 Å². The lowest BCUT2D eigenvalue weighted by molar-refractivity contribution is -0.117. The van der Waals surface area contributed by atoms with Gasteiger partial charge in [-0.25, -0.2) is 0 Å². The normalized spacial score (nSPS) is 19.0. The Bertz CT molecular complexity index is 422. The third-order valence-electron chi connectivity index (χ3n) is 4.00. The fraction of sp³-hybridized carbons (Fsp3) is 0.533. The number of rotatable bonds is 5. The zero-order chi connectivity index (χ0) is 12.5. The summed E-state index contributed by atoms with van der Waals surface area (Å²) >= 11 is 2.27. The molecule has 2 fully saturated rings. The second-order valence-electron chi connectivity index (χ2n) is 5.60. The van der Waals surface area contributed by atoms with Gasteiger partial charge in [0.2, 0.25) is 5.91 Å². The van der Waals surface area contributed by atoms with Gasteiger partial charge in [0.1, 0.15) is 0 Å². The van der Waals surface area contributed by atoms with Crippen LogP contribution in [0.15, 0.2) is 24.3 Å². The minimum Gasteiger partial charge on any atom is -0.326 e. The summed E-state index contributed by atoms with van der Waals surface area (Å²) in [5.74, 6) is 2.55. The van der Waals surface area contributed by atoms with Crippen molar-refractivity contribution in [3.05, 3.63) is 27.8 Å². The molecule has 1 aromatic rings. The van der Waals surface area contributed by atoms with Crippen LogP contribution in [0.2, 0.25) is 0 Å². The van der Waals surface area contributed by atoms with E-state index in [1.165, 1.54) is 29.3 Å². The number of hydrogen-bond donors (Lipinski definition) is 1. The maximum absolute atomic E-state index is 12.1. The zero-order valence-electron chi connectivity index (χ0n) is 10.4. The molecule has 0 saturated heterocycles. The summed E-state index contributed by atoms with van der Waals surface area (Å²) in [6.45, 7) is 0. The van der Waals surface area contributed by atoms with E-state index in [1.54, 1.807) is 0 Å². The molecule has 0 spiro atoms. The van der Waals surface area contributed by atoms with Gasteiger partial charge in [0, 0.05) is 15.7 Å². The second-order valence-corrected chi connectivity index (χ2v) is 6.84. The first-order valence-electron chi connectivity index (χ1n) is 6.78. The van der Waals surface area contributed by atoms with Crippen LogP contribution in [0, 0.1) is 21.3 Å². The number of carbonyl (C=O) groups excluding carboxylic acids is 1. The predicted molar refractivity (Wildman–Crippen MR) is 81.3 cm³/mol. The molecule has 0 bridgehead atoms. The van der Waals surface area contributed by atoms with Gasteiger partial charge in [0.15, 0.2) is 0 Å². The van der Waals surface area contributed by atoms with Crippen LogP contribution in [0.4, 0.5) is 5.69 Å². The molecule has 2 nitrogen and oxygen atoms in total. The molecule has 1 amide bonds. The SMILES string of the molecule is O=C(CC(C1CC1)C1CC1)Nc1ccc(I)cc1.